The molecule has 0 aliphatic rings. The monoisotopic (exact) mass is 329 g/mol. The van der Waals surface area contributed by atoms with Gasteiger partial charge in [0.15, 0.2) is 5.69 Å². The zero-order valence-electron chi connectivity index (χ0n) is 11.2. The van der Waals surface area contributed by atoms with Gasteiger partial charge in [-0.25, -0.2) is 8.42 Å². The molecule has 0 fully saturated rings. The van der Waals surface area contributed by atoms with Crippen LogP contribution in [0.25, 0.3) is 0 Å². The van der Waals surface area contributed by atoms with Crippen molar-refractivity contribution in [2.45, 2.75) is 36.9 Å². The Morgan fingerprint density at radius 2 is 2.10 bits per heavy atom. The number of aliphatic carboxylic acids is 1. The van der Waals surface area contributed by atoms with Crippen molar-refractivity contribution in [1.29, 1.82) is 0 Å². The molecule has 0 saturated carbocycles. The van der Waals surface area contributed by atoms with Crippen LogP contribution < -0.4 is 4.72 Å². The van der Waals surface area contributed by atoms with Gasteiger partial charge in [0.1, 0.15) is 10.9 Å². The third-order valence-electron chi connectivity index (χ3n) is 2.53. The predicted octanol–water partition coefficient (Wildman–Crippen LogP) is 0.970. The first-order chi connectivity index (χ1) is 9.49. The number of alkyl halides is 3. The maximum atomic E-state index is 12.8. The second-order valence-corrected chi connectivity index (χ2v) is 6.00. The van der Waals surface area contributed by atoms with E-state index in [1.165, 1.54) is 0 Å². The van der Waals surface area contributed by atoms with Crippen LogP contribution in [0, 0.1) is 0 Å². The van der Waals surface area contributed by atoms with Gasteiger partial charge in [-0.05, 0) is 6.42 Å². The number of aromatic nitrogens is 2. The molecule has 2 N–H and O–H groups in total. The van der Waals surface area contributed by atoms with Crippen LogP contribution in [-0.4, -0.2) is 35.3 Å². The number of aryl methyl sites for hydroxylation is 1. The van der Waals surface area contributed by atoms with Gasteiger partial charge in [0, 0.05) is 13.2 Å². The molecule has 0 amide bonds. The van der Waals surface area contributed by atoms with Crippen LogP contribution in [0.2, 0.25) is 0 Å². The number of carboxylic acid groups (broad SMARTS) is 1. The van der Waals surface area contributed by atoms with E-state index in [2.05, 4.69) is 5.10 Å². The Balaban J connectivity index is 3.23. The van der Waals surface area contributed by atoms with Gasteiger partial charge in [0.05, 0.1) is 0 Å². The largest absolute Gasteiger partial charge is 0.480 e. The highest BCUT2D eigenvalue weighted by atomic mass is 32.2. The van der Waals surface area contributed by atoms with Crippen molar-refractivity contribution in [3.8, 4) is 0 Å². The SMILES string of the molecule is CCCC(NS(=O)(=O)c1cn(C)nc1C(F)(F)F)C(=O)O. The highest BCUT2D eigenvalue weighted by molar-refractivity contribution is 7.89. The Morgan fingerprint density at radius 1 is 1.52 bits per heavy atom. The summed E-state index contributed by atoms with van der Waals surface area (Å²) in [5.74, 6) is -1.46. The minimum Gasteiger partial charge on any atom is -0.480 e. The fourth-order valence-corrected chi connectivity index (χ4v) is 3.05. The van der Waals surface area contributed by atoms with Crippen molar-refractivity contribution in [2.75, 3.05) is 0 Å². The van der Waals surface area contributed by atoms with Crippen molar-refractivity contribution < 1.29 is 31.5 Å². The zero-order valence-corrected chi connectivity index (χ0v) is 12.0. The number of nitrogens with one attached hydrogen (secondary N) is 1. The van der Waals surface area contributed by atoms with E-state index in [1.54, 1.807) is 11.6 Å². The lowest BCUT2D eigenvalue weighted by Gasteiger charge is -2.14. The Hall–Kier alpha value is -1.62. The predicted molar refractivity (Wildman–Crippen MR) is 64.9 cm³/mol. The van der Waals surface area contributed by atoms with Gasteiger partial charge in [0.2, 0.25) is 10.0 Å². The standard InChI is InChI=1S/C10H14F3N3O4S/c1-3-4-6(9(17)18)15-21(19,20)7-5-16(2)14-8(7)10(11,12)13/h5-6,15H,3-4H2,1-2H3,(H,17,18). The minimum absolute atomic E-state index is 0.0455. The number of rotatable bonds is 6. The van der Waals surface area contributed by atoms with Crippen molar-refractivity contribution in [3.63, 3.8) is 0 Å². The van der Waals surface area contributed by atoms with Gasteiger partial charge in [-0.1, -0.05) is 13.3 Å². The van der Waals surface area contributed by atoms with Gasteiger partial charge >= 0.3 is 12.1 Å². The molecular formula is C10H14F3N3O4S. The maximum Gasteiger partial charge on any atom is 0.436 e. The smallest absolute Gasteiger partial charge is 0.436 e. The molecule has 7 nitrogen and oxygen atoms in total. The molecule has 21 heavy (non-hydrogen) atoms. The molecule has 0 saturated heterocycles. The molecule has 1 aromatic rings. The van der Waals surface area contributed by atoms with E-state index in [0.29, 0.717) is 17.3 Å². The molecule has 1 heterocycles. The molecule has 1 atom stereocenters. The minimum atomic E-state index is -4.96. The van der Waals surface area contributed by atoms with E-state index >= 15 is 0 Å². The normalized spacial score (nSPS) is 14.1. The molecule has 1 unspecified atom stereocenters. The first-order valence-electron chi connectivity index (χ1n) is 5.85. The summed E-state index contributed by atoms with van der Waals surface area (Å²) in [5.41, 5.74) is -1.59. The van der Waals surface area contributed by atoms with Crippen LogP contribution in [0.4, 0.5) is 13.2 Å². The van der Waals surface area contributed by atoms with E-state index in [0.717, 1.165) is 7.05 Å². The summed E-state index contributed by atoms with van der Waals surface area (Å²) in [6.07, 6.45) is -3.99. The molecule has 0 spiro atoms. The third kappa shape index (κ3) is 4.17. The number of sulfonamides is 1. The second kappa shape index (κ2) is 6.02. The van der Waals surface area contributed by atoms with Crippen molar-refractivity contribution >= 4 is 16.0 Å². The van der Waals surface area contributed by atoms with Crippen LogP contribution in [0.15, 0.2) is 11.1 Å². The molecule has 0 aliphatic heterocycles. The molecule has 1 rings (SSSR count). The Kier molecular flexibility index (Phi) is 4.99. The molecule has 0 aromatic carbocycles. The fraction of sp³-hybridized carbons (Fsp3) is 0.600. The van der Waals surface area contributed by atoms with Crippen molar-refractivity contribution in [2.24, 2.45) is 7.05 Å². The zero-order chi connectivity index (χ0) is 16.4. The van der Waals surface area contributed by atoms with Crippen LogP contribution in [0.3, 0.4) is 0 Å². The number of nitrogens with zero attached hydrogens (tertiary/aromatic N) is 2. The van der Waals surface area contributed by atoms with Crippen LogP contribution in [0.5, 0.6) is 0 Å². The molecule has 11 heteroatoms. The highest BCUT2D eigenvalue weighted by Gasteiger charge is 2.41. The van der Waals surface area contributed by atoms with Gasteiger partial charge in [-0.2, -0.15) is 23.0 Å². The molecule has 0 bridgehead atoms. The third-order valence-corrected chi connectivity index (χ3v) is 4.00. The van der Waals surface area contributed by atoms with Crippen LogP contribution >= 0.6 is 0 Å². The van der Waals surface area contributed by atoms with Gasteiger partial charge in [0.25, 0.3) is 0 Å². The Labute approximate surface area is 118 Å². The summed E-state index contributed by atoms with van der Waals surface area (Å²) in [4.78, 5) is 9.82. The highest BCUT2D eigenvalue weighted by Crippen LogP contribution is 2.32. The number of hydrogen-bond donors (Lipinski definition) is 2. The lowest BCUT2D eigenvalue weighted by atomic mass is 10.2. The average Bonchev–Trinajstić information content (AvgIpc) is 2.71. The van der Waals surface area contributed by atoms with E-state index < -0.39 is 38.8 Å². The van der Waals surface area contributed by atoms with Gasteiger partial charge in [-0.3, -0.25) is 9.48 Å². The first kappa shape index (κ1) is 17.4. The number of hydrogen-bond acceptors (Lipinski definition) is 4. The topological polar surface area (TPSA) is 101 Å². The van der Waals surface area contributed by atoms with E-state index in [4.69, 9.17) is 5.11 Å². The van der Waals surface area contributed by atoms with Crippen molar-refractivity contribution in [1.82, 2.24) is 14.5 Å². The number of halogens is 3. The summed E-state index contributed by atoms with van der Waals surface area (Å²) in [6.45, 7) is 1.62. The summed E-state index contributed by atoms with van der Waals surface area (Å²) in [5, 5.41) is 12.0. The summed E-state index contributed by atoms with van der Waals surface area (Å²) in [7, 11) is -3.52. The number of carbonyl (C=O) groups is 1. The average molecular weight is 329 g/mol. The quantitative estimate of drug-likeness (QED) is 0.810. The lowest BCUT2D eigenvalue weighted by molar-refractivity contribution is -0.143. The summed E-state index contributed by atoms with van der Waals surface area (Å²) in [6, 6.07) is -1.50. The summed E-state index contributed by atoms with van der Waals surface area (Å²) < 4.78 is 64.7. The van der Waals surface area contributed by atoms with Crippen LogP contribution in [-0.2, 0) is 28.0 Å². The fourth-order valence-electron chi connectivity index (χ4n) is 1.63. The van der Waals surface area contributed by atoms with E-state index in [1.807, 2.05) is 0 Å². The molecular weight excluding hydrogens is 315 g/mol. The Morgan fingerprint density at radius 3 is 2.52 bits per heavy atom. The van der Waals surface area contributed by atoms with Crippen molar-refractivity contribution in [3.05, 3.63) is 11.9 Å². The molecule has 1 aromatic heterocycles. The second-order valence-electron chi connectivity index (χ2n) is 4.31. The van der Waals surface area contributed by atoms with E-state index in [9.17, 15) is 26.4 Å². The summed E-state index contributed by atoms with van der Waals surface area (Å²) >= 11 is 0. The molecule has 120 valence electrons. The maximum absolute atomic E-state index is 12.8. The van der Waals surface area contributed by atoms with E-state index in [-0.39, 0.29) is 6.42 Å². The molecule has 0 radical (unpaired) electrons. The lowest BCUT2D eigenvalue weighted by Crippen LogP contribution is -2.41. The first-order valence-corrected chi connectivity index (χ1v) is 7.33. The molecule has 0 aliphatic carbocycles. The Bertz CT molecular complexity index is 624. The van der Waals surface area contributed by atoms with Crippen LogP contribution in [0.1, 0.15) is 25.5 Å². The van der Waals surface area contributed by atoms with Gasteiger partial charge < -0.3 is 5.11 Å². The van der Waals surface area contributed by atoms with Gasteiger partial charge in [-0.15, -0.1) is 0 Å². The number of carboxylic acids is 1.